The molecule has 0 aliphatic carbocycles. The first-order valence-corrected chi connectivity index (χ1v) is 14.2. The number of hydrogen-bond donors (Lipinski definition) is 1. The predicted molar refractivity (Wildman–Crippen MR) is 161 cm³/mol. The van der Waals surface area contributed by atoms with Crippen LogP contribution in [0.2, 0.25) is 0 Å². The van der Waals surface area contributed by atoms with Gasteiger partial charge in [0.05, 0.1) is 0 Å². The maximum atomic E-state index is 7.76. The number of nitrogens with one attached hydrogen (secondary N) is 1. The number of nitrogens with zero attached hydrogens (tertiary/aromatic N) is 2. The lowest BCUT2D eigenvalue weighted by Crippen LogP contribution is -2.37. The van der Waals surface area contributed by atoms with Crippen LogP contribution in [0.3, 0.4) is 0 Å². The number of rotatable bonds is 10. The van der Waals surface area contributed by atoms with Gasteiger partial charge in [0.2, 0.25) is 0 Å². The van der Waals surface area contributed by atoms with Gasteiger partial charge in [-0.25, -0.2) is 4.99 Å². The Morgan fingerprint density at radius 2 is 1.78 bits per heavy atom. The summed E-state index contributed by atoms with van der Waals surface area (Å²) in [5, 5.41) is 7.76. The maximum absolute atomic E-state index is 7.76. The van der Waals surface area contributed by atoms with Gasteiger partial charge in [-0.1, -0.05) is 64.5 Å². The van der Waals surface area contributed by atoms with Gasteiger partial charge in [0.25, 0.3) is 0 Å². The molecule has 3 nitrogen and oxygen atoms in total. The van der Waals surface area contributed by atoms with Crippen molar-refractivity contribution in [3.63, 3.8) is 0 Å². The van der Waals surface area contributed by atoms with Crippen molar-refractivity contribution >= 4 is 17.1 Å². The number of hydrogen-bond acceptors (Lipinski definition) is 2. The molecule has 0 bridgehead atoms. The number of benzene rings is 1. The molecular formula is C33H51N3. The minimum Gasteiger partial charge on any atom is -0.301 e. The predicted octanol–water partition coefficient (Wildman–Crippen LogP) is 9.14. The quantitative estimate of drug-likeness (QED) is 0.199. The molecule has 0 spiro atoms. The van der Waals surface area contributed by atoms with Gasteiger partial charge in [-0.05, 0) is 125 Å². The van der Waals surface area contributed by atoms with E-state index in [0.717, 1.165) is 25.0 Å². The third-order valence-electron chi connectivity index (χ3n) is 7.47. The Hall–Kier alpha value is -2.26. The van der Waals surface area contributed by atoms with Gasteiger partial charge < -0.3 is 4.90 Å². The summed E-state index contributed by atoms with van der Waals surface area (Å²) in [4.78, 5) is 7.02. The molecule has 1 aromatic carbocycles. The number of aryl methyl sites for hydroxylation is 1. The molecule has 0 atom stereocenters. The van der Waals surface area contributed by atoms with Crippen molar-refractivity contribution in [1.29, 1.82) is 5.41 Å². The molecule has 0 unspecified atom stereocenters. The fourth-order valence-electron chi connectivity index (χ4n) is 5.45. The lowest BCUT2D eigenvalue weighted by molar-refractivity contribution is 0.172. The monoisotopic (exact) mass is 489 g/mol. The molecule has 0 radical (unpaired) electrons. The zero-order valence-electron chi connectivity index (χ0n) is 24.5. The Balaban J connectivity index is 2.55. The first kappa shape index (κ1) is 30.0. The second-order valence-electron chi connectivity index (χ2n) is 10.9. The van der Waals surface area contributed by atoms with E-state index in [1.807, 2.05) is 0 Å². The molecule has 3 heteroatoms. The van der Waals surface area contributed by atoms with Crippen molar-refractivity contribution in [1.82, 2.24) is 4.90 Å². The molecule has 0 saturated carbocycles. The molecule has 1 aliphatic rings. The van der Waals surface area contributed by atoms with Gasteiger partial charge in [0.1, 0.15) is 5.84 Å². The van der Waals surface area contributed by atoms with Crippen LogP contribution < -0.4 is 0 Å². The summed E-state index contributed by atoms with van der Waals surface area (Å²) in [5.41, 5.74) is 9.45. The zero-order chi connectivity index (χ0) is 26.8. The van der Waals surface area contributed by atoms with E-state index < -0.39 is 0 Å². The third kappa shape index (κ3) is 8.13. The van der Waals surface area contributed by atoms with Crippen molar-refractivity contribution in [2.24, 2.45) is 10.9 Å². The van der Waals surface area contributed by atoms with Crippen LogP contribution >= 0.6 is 0 Å². The smallest absolute Gasteiger partial charge is 0.117 e. The standard InChI is InChI=1S/C33H51N3/c1-10-13-31(27(11-2)16-17-30(12-3)35-26(9)34)33(23(4)5)32-22-29(15-14-25(32)8)28-18-20-36(21-19-28)24(6)7/h11,14-17,22-24,28,34H,10,12-13,18-21H2,1-9H3/b17-16-,27-11+,33-31+,34-26?,35-30?. The van der Waals surface area contributed by atoms with Gasteiger partial charge in [-0.3, -0.25) is 5.41 Å². The van der Waals surface area contributed by atoms with Gasteiger partial charge >= 0.3 is 0 Å². The molecule has 1 fully saturated rings. The Labute approximate surface area is 222 Å². The van der Waals surface area contributed by atoms with E-state index >= 15 is 0 Å². The number of piperidine rings is 1. The highest BCUT2D eigenvalue weighted by Crippen LogP contribution is 2.38. The van der Waals surface area contributed by atoms with Crippen LogP contribution in [-0.2, 0) is 0 Å². The van der Waals surface area contributed by atoms with Crippen molar-refractivity contribution in [2.75, 3.05) is 13.1 Å². The van der Waals surface area contributed by atoms with E-state index in [1.165, 1.54) is 59.3 Å². The molecule has 1 N–H and O–H groups in total. The summed E-state index contributed by atoms with van der Waals surface area (Å²) >= 11 is 0. The van der Waals surface area contributed by atoms with Crippen LogP contribution in [-0.4, -0.2) is 35.6 Å². The molecule has 1 saturated heterocycles. The largest absolute Gasteiger partial charge is 0.301 e. The molecule has 198 valence electrons. The minimum atomic E-state index is 0.359. The number of amidine groups is 1. The van der Waals surface area contributed by atoms with E-state index in [1.54, 1.807) is 6.92 Å². The van der Waals surface area contributed by atoms with Crippen LogP contribution in [0, 0.1) is 18.3 Å². The molecule has 0 aromatic heterocycles. The fraction of sp³-hybridized carbons (Fsp3) is 0.576. The van der Waals surface area contributed by atoms with Gasteiger partial charge in [0.15, 0.2) is 0 Å². The van der Waals surface area contributed by atoms with Crippen LogP contribution in [0.25, 0.3) is 5.57 Å². The zero-order valence-corrected chi connectivity index (χ0v) is 24.5. The summed E-state index contributed by atoms with van der Waals surface area (Å²) in [6, 6.07) is 7.89. The first-order chi connectivity index (χ1) is 17.1. The average molecular weight is 490 g/mol. The van der Waals surface area contributed by atoms with Crippen molar-refractivity contribution < 1.29 is 0 Å². The second-order valence-corrected chi connectivity index (χ2v) is 10.9. The fourth-order valence-corrected chi connectivity index (χ4v) is 5.45. The molecule has 0 amide bonds. The molecular weight excluding hydrogens is 438 g/mol. The van der Waals surface area contributed by atoms with Gasteiger partial charge in [0, 0.05) is 11.8 Å². The van der Waals surface area contributed by atoms with E-state index in [9.17, 15) is 0 Å². The maximum Gasteiger partial charge on any atom is 0.117 e. The Kier molecular flexibility index (Phi) is 12.0. The Bertz CT molecular complexity index is 996. The normalized spacial score (nSPS) is 17.4. The van der Waals surface area contributed by atoms with E-state index in [2.05, 4.69) is 102 Å². The van der Waals surface area contributed by atoms with Crippen molar-refractivity contribution in [3.05, 3.63) is 64.3 Å². The third-order valence-corrected chi connectivity index (χ3v) is 7.47. The molecule has 36 heavy (non-hydrogen) atoms. The average Bonchev–Trinajstić information content (AvgIpc) is 2.84. The molecule has 1 aromatic rings. The highest BCUT2D eigenvalue weighted by Gasteiger charge is 2.24. The van der Waals surface area contributed by atoms with Crippen LogP contribution in [0.15, 0.2) is 52.6 Å². The number of likely N-dealkylation sites (tertiary alicyclic amines) is 1. The van der Waals surface area contributed by atoms with E-state index in [0.29, 0.717) is 23.7 Å². The molecule has 1 aliphatic heterocycles. The first-order valence-electron chi connectivity index (χ1n) is 14.2. The molecule has 1 heterocycles. The van der Waals surface area contributed by atoms with Crippen molar-refractivity contribution in [2.45, 2.75) is 106 Å². The Morgan fingerprint density at radius 3 is 2.28 bits per heavy atom. The molecule has 2 rings (SSSR count). The highest BCUT2D eigenvalue weighted by atomic mass is 15.1. The van der Waals surface area contributed by atoms with Crippen LogP contribution in [0.4, 0.5) is 0 Å². The highest BCUT2D eigenvalue weighted by molar-refractivity contribution is 6.02. The van der Waals surface area contributed by atoms with Gasteiger partial charge in [-0.15, -0.1) is 0 Å². The Morgan fingerprint density at radius 1 is 1.11 bits per heavy atom. The van der Waals surface area contributed by atoms with Gasteiger partial charge in [-0.2, -0.15) is 0 Å². The summed E-state index contributed by atoms with van der Waals surface area (Å²) in [6.07, 6.45) is 12.1. The number of allylic oxidation sites excluding steroid dienone is 6. The lowest BCUT2D eigenvalue weighted by Gasteiger charge is -2.35. The topological polar surface area (TPSA) is 39.5 Å². The second kappa shape index (κ2) is 14.5. The summed E-state index contributed by atoms with van der Waals surface area (Å²) < 4.78 is 0. The van der Waals surface area contributed by atoms with Crippen LogP contribution in [0.5, 0.6) is 0 Å². The number of aliphatic imine (C=N–C) groups is 1. The van der Waals surface area contributed by atoms with Crippen molar-refractivity contribution in [3.8, 4) is 0 Å². The van der Waals surface area contributed by atoms with E-state index in [4.69, 9.17) is 5.41 Å². The summed E-state index contributed by atoms with van der Waals surface area (Å²) in [5.74, 6) is 1.43. The van der Waals surface area contributed by atoms with Crippen LogP contribution in [0.1, 0.15) is 110 Å². The lowest BCUT2D eigenvalue weighted by atomic mass is 9.80. The SMILES string of the molecule is C/C=C(\C=C/C(CC)=NC(C)=N)C(/CCC)=C(/c1cc(C2CCN(C(C)C)CC2)ccc1C)C(C)C. The van der Waals surface area contributed by atoms with E-state index in [-0.39, 0.29) is 0 Å². The minimum absolute atomic E-state index is 0.359. The summed E-state index contributed by atoms with van der Waals surface area (Å²) in [7, 11) is 0. The summed E-state index contributed by atoms with van der Waals surface area (Å²) in [6.45, 7) is 22.2.